The highest BCUT2D eigenvalue weighted by atomic mass is 19.1. The number of carbonyl (C=O) groups is 3. The largest absolute Gasteiger partial charge is 0.442 e. The van der Waals surface area contributed by atoms with E-state index in [1.165, 1.54) is 17.9 Å². The van der Waals surface area contributed by atoms with Crippen molar-refractivity contribution in [2.45, 2.75) is 38.5 Å². The van der Waals surface area contributed by atoms with Gasteiger partial charge in [0.1, 0.15) is 11.9 Å². The Labute approximate surface area is 191 Å². The third kappa shape index (κ3) is 5.14. The van der Waals surface area contributed by atoms with Crippen LogP contribution in [-0.4, -0.2) is 54.6 Å². The summed E-state index contributed by atoms with van der Waals surface area (Å²) in [6.45, 7) is 3.28. The lowest BCUT2D eigenvalue weighted by Crippen LogP contribution is -2.39. The van der Waals surface area contributed by atoms with Crippen molar-refractivity contribution >= 4 is 23.6 Å². The van der Waals surface area contributed by atoms with Gasteiger partial charge in [-0.05, 0) is 48.7 Å². The SMILES string of the molecule is CC(=O)NC[C@H]1CN(c2ccc(-c3ccc(CN4CCC[C@@H]4C(N)=O)cc3)c(F)c2)C(=O)O1. The van der Waals surface area contributed by atoms with Gasteiger partial charge in [-0.15, -0.1) is 0 Å². The predicted molar refractivity (Wildman–Crippen MR) is 121 cm³/mol. The van der Waals surface area contributed by atoms with Gasteiger partial charge in [0, 0.05) is 19.0 Å². The fourth-order valence-corrected chi connectivity index (χ4v) is 4.36. The smallest absolute Gasteiger partial charge is 0.414 e. The Bertz CT molecular complexity index is 1060. The molecule has 8 nitrogen and oxygen atoms in total. The molecule has 3 amide bonds. The maximum atomic E-state index is 14.9. The van der Waals surface area contributed by atoms with Gasteiger partial charge in [-0.1, -0.05) is 24.3 Å². The van der Waals surface area contributed by atoms with Crippen molar-refractivity contribution < 1.29 is 23.5 Å². The van der Waals surface area contributed by atoms with Gasteiger partial charge in [0.05, 0.1) is 24.8 Å². The number of amides is 3. The van der Waals surface area contributed by atoms with E-state index in [9.17, 15) is 18.8 Å². The van der Waals surface area contributed by atoms with E-state index in [1.807, 2.05) is 24.3 Å². The summed E-state index contributed by atoms with van der Waals surface area (Å²) in [4.78, 5) is 38.3. The first kappa shape index (κ1) is 22.7. The summed E-state index contributed by atoms with van der Waals surface area (Å²) < 4.78 is 20.2. The minimum Gasteiger partial charge on any atom is -0.442 e. The fraction of sp³-hybridized carbons (Fsp3) is 0.375. The van der Waals surface area contributed by atoms with Crippen molar-refractivity contribution in [3.05, 3.63) is 53.8 Å². The summed E-state index contributed by atoms with van der Waals surface area (Å²) in [5, 5.41) is 2.61. The average Bonchev–Trinajstić information content (AvgIpc) is 3.39. The first-order chi connectivity index (χ1) is 15.8. The predicted octanol–water partition coefficient (Wildman–Crippen LogP) is 2.40. The Morgan fingerprint density at radius 2 is 1.97 bits per heavy atom. The normalized spacial score (nSPS) is 20.7. The molecule has 2 aromatic rings. The van der Waals surface area contributed by atoms with Gasteiger partial charge in [-0.2, -0.15) is 0 Å². The van der Waals surface area contributed by atoms with Crippen molar-refractivity contribution in [2.24, 2.45) is 5.73 Å². The number of cyclic esters (lactones) is 1. The van der Waals surface area contributed by atoms with Crippen LogP contribution in [0.25, 0.3) is 11.1 Å². The molecule has 2 fully saturated rings. The molecule has 0 bridgehead atoms. The molecule has 2 aliphatic heterocycles. The highest BCUT2D eigenvalue weighted by Crippen LogP contribution is 2.30. The van der Waals surface area contributed by atoms with Crippen LogP contribution in [0, 0.1) is 5.82 Å². The number of rotatable bonds is 7. The summed E-state index contributed by atoms with van der Waals surface area (Å²) in [6, 6.07) is 11.9. The number of benzene rings is 2. The Morgan fingerprint density at radius 1 is 1.21 bits per heavy atom. The van der Waals surface area contributed by atoms with Crippen LogP contribution >= 0.6 is 0 Å². The van der Waals surface area contributed by atoms with Crippen molar-refractivity contribution in [3.8, 4) is 11.1 Å². The van der Waals surface area contributed by atoms with Crippen molar-refractivity contribution in [3.63, 3.8) is 0 Å². The molecule has 0 unspecified atom stereocenters. The van der Waals surface area contributed by atoms with Gasteiger partial charge in [0.2, 0.25) is 11.8 Å². The molecule has 0 radical (unpaired) electrons. The number of primary amides is 1. The number of anilines is 1. The molecule has 2 aromatic carbocycles. The highest BCUT2D eigenvalue weighted by Gasteiger charge is 2.33. The number of nitrogens with zero attached hydrogens (tertiary/aromatic N) is 2. The van der Waals surface area contributed by atoms with Crippen LogP contribution in [0.1, 0.15) is 25.3 Å². The van der Waals surface area contributed by atoms with Crippen molar-refractivity contribution in [2.75, 3.05) is 24.5 Å². The molecule has 2 saturated heterocycles. The van der Waals surface area contributed by atoms with Gasteiger partial charge in [-0.25, -0.2) is 9.18 Å². The Hall–Kier alpha value is -3.46. The van der Waals surface area contributed by atoms with Crippen molar-refractivity contribution in [1.82, 2.24) is 10.2 Å². The van der Waals surface area contributed by atoms with Gasteiger partial charge in [0.25, 0.3) is 0 Å². The summed E-state index contributed by atoms with van der Waals surface area (Å²) in [7, 11) is 0. The molecule has 9 heteroatoms. The minimum atomic E-state index is -0.571. The zero-order valence-electron chi connectivity index (χ0n) is 18.4. The first-order valence-corrected chi connectivity index (χ1v) is 11.0. The Kier molecular flexibility index (Phi) is 6.60. The quantitative estimate of drug-likeness (QED) is 0.669. The number of ether oxygens (including phenoxy) is 1. The van der Waals surface area contributed by atoms with Crippen LogP contribution < -0.4 is 16.0 Å². The van der Waals surface area contributed by atoms with Crippen LogP contribution in [0.2, 0.25) is 0 Å². The van der Waals surface area contributed by atoms with Crippen LogP contribution in [-0.2, 0) is 20.9 Å². The lowest BCUT2D eigenvalue weighted by Gasteiger charge is -2.21. The van der Waals surface area contributed by atoms with E-state index in [0.717, 1.165) is 24.9 Å². The van der Waals surface area contributed by atoms with Gasteiger partial charge in [-0.3, -0.25) is 19.4 Å². The molecule has 33 heavy (non-hydrogen) atoms. The number of likely N-dealkylation sites (tertiary alicyclic amines) is 1. The number of hydrogen-bond donors (Lipinski definition) is 2. The number of carbonyl (C=O) groups excluding carboxylic acids is 3. The standard InChI is InChI=1S/C24H27FN4O4/c1-15(30)27-12-19-14-29(24(32)33-19)18-8-9-20(21(25)11-18)17-6-4-16(5-7-17)13-28-10-2-3-22(28)23(26)31/h4-9,11,19,22H,2-3,10,12-14H2,1H3,(H2,26,31)(H,27,30)/t19-,22+/m0/s1. The van der Waals surface area contributed by atoms with E-state index in [4.69, 9.17) is 10.5 Å². The van der Waals surface area contributed by atoms with Crippen LogP contribution in [0.3, 0.4) is 0 Å². The maximum Gasteiger partial charge on any atom is 0.414 e. The summed E-state index contributed by atoms with van der Waals surface area (Å²) in [6.07, 6.45) is 0.671. The van der Waals surface area contributed by atoms with E-state index in [1.54, 1.807) is 12.1 Å². The molecule has 4 rings (SSSR count). The molecule has 0 spiro atoms. The highest BCUT2D eigenvalue weighted by molar-refractivity contribution is 5.90. The monoisotopic (exact) mass is 454 g/mol. The molecule has 174 valence electrons. The molecular formula is C24H27FN4O4. The second-order valence-electron chi connectivity index (χ2n) is 8.45. The van der Waals surface area contributed by atoms with E-state index >= 15 is 0 Å². The lowest BCUT2D eigenvalue weighted by molar-refractivity contribution is -0.122. The number of nitrogens with two attached hydrogens (primary N) is 1. The zero-order valence-corrected chi connectivity index (χ0v) is 18.4. The number of halogens is 1. The second kappa shape index (κ2) is 9.58. The van der Waals surface area contributed by atoms with Gasteiger partial charge < -0.3 is 15.8 Å². The molecule has 0 saturated carbocycles. The molecule has 2 heterocycles. The first-order valence-electron chi connectivity index (χ1n) is 11.0. The lowest BCUT2D eigenvalue weighted by atomic mass is 10.0. The second-order valence-corrected chi connectivity index (χ2v) is 8.45. The van der Waals surface area contributed by atoms with Crippen LogP contribution in [0.4, 0.5) is 14.9 Å². The summed E-state index contributed by atoms with van der Waals surface area (Å²) in [5.74, 6) is -0.958. The average molecular weight is 455 g/mol. The molecule has 2 atom stereocenters. The fourth-order valence-electron chi connectivity index (χ4n) is 4.36. The third-order valence-electron chi connectivity index (χ3n) is 6.06. The number of hydrogen-bond acceptors (Lipinski definition) is 5. The molecule has 0 aliphatic carbocycles. The topological polar surface area (TPSA) is 105 Å². The maximum absolute atomic E-state index is 14.9. The zero-order chi connectivity index (χ0) is 23.5. The third-order valence-corrected chi connectivity index (χ3v) is 6.06. The Balaban J connectivity index is 1.43. The van der Waals surface area contributed by atoms with E-state index in [2.05, 4.69) is 10.2 Å². The van der Waals surface area contributed by atoms with E-state index in [-0.39, 0.29) is 30.9 Å². The van der Waals surface area contributed by atoms with E-state index in [0.29, 0.717) is 23.4 Å². The molecule has 0 aromatic heterocycles. The van der Waals surface area contributed by atoms with Gasteiger partial charge in [0.15, 0.2) is 0 Å². The van der Waals surface area contributed by atoms with Crippen LogP contribution in [0.5, 0.6) is 0 Å². The Morgan fingerprint density at radius 3 is 2.64 bits per heavy atom. The minimum absolute atomic E-state index is 0.209. The molecule has 2 aliphatic rings. The van der Waals surface area contributed by atoms with Gasteiger partial charge >= 0.3 is 6.09 Å². The molecule has 3 N–H and O–H groups in total. The summed E-state index contributed by atoms with van der Waals surface area (Å²) in [5.41, 5.74) is 8.04. The van der Waals surface area contributed by atoms with Crippen LogP contribution in [0.15, 0.2) is 42.5 Å². The number of nitrogens with one attached hydrogen (secondary N) is 1. The summed E-state index contributed by atoms with van der Waals surface area (Å²) >= 11 is 0. The van der Waals surface area contributed by atoms with Crippen molar-refractivity contribution in [1.29, 1.82) is 0 Å². The van der Waals surface area contributed by atoms with E-state index < -0.39 is 18.0 Å². The molecular weight excluding hydrogens is 427 g/mol.